The van der Waals surface area contributed by atoms with Gasteiger partial charge < -0.3 is 15.4 Å². The molecule has 0 aliphatic heterocycles. The summed E-state index contributed by atoms with van der Waals surface area (Å²) in [7, 11) is 0. The Kier molecular flexibility index (Phi) is 6.97. The van der Waals surface area contributed by atoms with E-state index in [1.807, 2.05) is 91.0 Å². The summed E-state index contributed by atoms with van der Waals surface area (Å²) >= 11 is 0. The van der Waals surface area contributed by atoms with Gasteiger partial charge in [-0.1, -0.05) is 90.7 Å². The molecule has 32 heavy (non-hydrogen) atoms. The molecule has 0 aliphatic carbocycles. The van der Waals surface area contributed by atoms with Crippen LogP contribution in [0.2, 0.25) is 0 Å². The lowest BCUT2D eigenvalue weighted by atomic mass is 9.99. The standard InChI is InChI=1S/C27H23N3O2/c31-27(30-25(21-11-3-1-4-12-21)22-13-5-2-6-14-22)29-18-7-8-20-32-24-17-9-15-23-16-10-19-28-26(23)24/h1-6,9-17,19,25H,18,20H2,(H2,29,30,31). The van der Waals surface area contributed by atoms with Crippen molar-refractivity contribution in [1.29, 1.82) is 0 Å². The molecule has 0 spiro atoms. The highest BCUT2D eigenvalue weighted by molar-refractivity contribution is 5.84. The van der Waals surface area contributed by atoms with Crippen LogP contribution < -0.4 is 15.4 Å². The van der Waals surface area contributed by atoms with Crippen LogP contribution in [-0.2, 0) is 0 Å². The number of urea groups is 1. The van der Waals surface area contributed by atoms with Crippen LogP contribution in [0.25, 0.3) is 10.9 Å². The second-order valence-electron chi connectivity index (χ2n) is 7.05. The minimum Gasteiger partial charge on any atom is -0.479 e. The first-order valence-electron chi connectivity index (χ1n) is 10.4. The predicted octanol–water partition coefficient (Wildman–Crippen LogP) is 4.71. The SMILES string of the molecule is O=C(NCC#CCOc1cccc2cccnc12)NC(c1ccccc1)c1ccccc1. The van der Waals surface area contributed by atoms with E-state index < -0.39 is 0 Å². The fourth-order valence-electron chi connectivity index (χ4n) is 3.38. The number of aromatic nitrogens is 1. The minimum absolute atomic E-state index is 0.218. The van der Waals surface area contributed by atoms with E-state index in [2.05, 4.69) is 27.5 Å². The maximum Gasteiger partial charge on any atom is 0.316 e. The Morgan fingerprint density at radius 1 is 0.844 bits per heavy atom. The molecule has 0 atom stereocenters. The third-order valence-corrected chi connectivity index (χ3v) is 4.90. The van der Waals surface area contributed by atoms with E-state index in [1.165, 1.54) is 0 Å². The van der Waals surface area contributed by atoms with Gasteiger partial charge in [0.15, 0.2) is 0 Å². The second-order valence-corrected chi connectivity index (χ2v) is 7.05. The Balaban J connectivity index is 1.30. The molecule has 0 fully saturated rings. The Bertz CT molecular complexity index is 1190. The van der Waals surface area contributed by atoms with Crippen molar-refractivity contribution in [1.82, 2.24) is 15.6 Å². The number of benzene rings is 3. The van der Waals surface area contributed by atoms with E-state index in [0.717, 1.165) is 22.0 Å². The summed E-state index contributed by atoms with van der Waals surface area (Å²) in [6, 6.07) is 28.9. The number of carbonyl (C=O) groups is 1. The molecule has 0 saturated carbocycles. The number of pyridine rings is 1. The van der Waals surface area contributed by atoms with Crippen LogP contribution in [0.15, 0.2) is 97.2 Å². The number of para-hydroxylation sites is 1. The first-order valence-corrected chi connectivity index (χ1v) is 10.4. The quantitative estimate of drug-likeness (QED) is 0.444. The van der Waals surface area contributed by atoms with E-state index in [0.29, 0.717) is 5.75 Å². The van der Waals surface area contributed by atoms with Gasteiger partial charge in [0, 0.05) is 11.6 Å². The van der Waals surface area contributed by atoms with E-state index >= 15 is 0 Å². The number of nitrogens with one attached hydrogen (secondary N) is 2. The highest BCUT2D eigenvalue weighted by Crippen LogP contribution is 2.23. The van der Waals surface area contributed by atoms with Crippen LogP contribution >= 0.6 is 0 Å². The van der Waals surface area contributed by atoms with Crippen LogP contribution in [0.3, 0.4) is 0 Å². The smallest absolute Gasteiger partial charge is 0.316 e. The molecule has 0 radical (unpaired) electrons. The van der Waals surface area contributed by atoms with Gasteiger partial charge in [-0.2, -0.15) is 0 Å². The zero-order valence-corrected chi connectivity index (χ0v) is 17.5. The van der Waals surface area contributed by atoms with Gasteiger partial charge in [-0.3, -0.25) is 4.98 Å². The molecule has 0 bridgehead atoms. The Labute approximate surface area is 187 Å². The molecule has 0 saturated heterocycles. The minimum atomic E-state index is -0.281. The van der Waals surface area contributed by atoms with E-state index in [4.69, 9.17) is 4.74 Å². The summed E-state index contributed by atoms with van der Waals surface area (Å²) in [5.41, 5.74) is 2.83. The van der Waals surface area contributed by atoms with Gasteiger partial charge in [0.1, 0.15) is 17.9 Å². The summed E-state index contributed by atoms with van der Waals surface area (Å²) in [5.74, 6) is 6.54. The summed E-state index contributed by atoms with van der Waals surface area (Å²) in [5, 5.41) is 6.83. The molecular weight excluding hydrogens is 398 g/mol. The molecular formula is C27H23N3O2. The van der Waals surface area contributed by atoms with Crippen molar-refractivity contribution in [2.24, 2.45) is 0 Å². The number of hydrogen-bond donors (Lipinski definition) is 2. The molecule has 1 aromatic heterocycles. The van der Waals surface area contributed by atoms with Crippen molar-refractivity contribution < 1.29 is 9.53 Å². The van der Waals surface area contributed by atoms with Crippen molar-refractivity contribution in [2.75, 3.05) is 13.2 Å². The second kappa shape index (κ2) is 10.6. The number of hydrogen-bond acceptors (Lipinski definition) is 3. The van der Waals surface area contributed by atoms with Gasteiger partial charge in [-0.15, -0.1) is 0 Å². The van der Waals surface area contributed by atoms with E-state index in [1.54, 1.807) is 6.20 Å². The molecule has 3 aromatic carbocycles. The average molecular weight is 422 g/mol. The van der Waals surface area contributed by atoms with Crippen molar-refractivity contribution >= 4 is 16.9 Å². The topological polar surface area (TPSA) is 63.2 Å². The molecule has 5 nitrogen and oxygen atoms in total. The van der Waals surface area contributed by atoms with Crippen LogP contribution in [-0.4, -0.2) is 24.2 Å². The molecule has 158 valence electrons. The Hall–Kier alpha value is -4.30. The van der Waals surface area contributed by atoms with Crippen LogP contribution in [0.1, 0.15) is 17.2 Å². The summed E-state index contributed by atoms with van der Waals surface area (Å²) < 4.78 is 5.74. The summed E-state index contributed by atoms with van der Waals surface area (Å²) in [4.78, 5) is 16.8. The molecule has 5 heteroatoms. The zero-order valence-electron chi connectivity index (χ0n) is 17.5. The zero-order chi connectivity index (χ0) is 22.0. The predicted molar refractivity (Wildman–Crippen MR) is 126 cm³/mol. The van der Waals surface area contributed by atoms with Crippen LogP contribution in [0.5, 0.6) is 5.75 Å². The largest absolute Gasteiger partial charge is 0.479 e. The summed E-state index contributed by atoms with van der Waals surface area (Å²) in [6.07, 6.45) is 1.74. The number of fused-ring (bicyclic) bond motifs is 1. The van der Waals surface area contributed by atoms with Crippen molar-refractivity contribution in [3.63, 3.8) is 0 Å². The van der Waals surface area contributed by atoms with Gasteiger partial charge in [-0.25, -0.2) is 4.79 Å². The first kappa shape index (κ1) is 21.0. The summed E-state index contributed by atoms with van der Waals surface area (Å²) in [6.45, 7) is 0.439. The lowest BCUT2D eigenvalue weighted by molar-refractivity contribution is 0.240. The van der Waals surface area contributed by atoms with Crippen molar-refractivity contribution in [3.8, 4) is 17.6 Å². The third kappa shape index (κ3) is 5.44. The fraction of sp³-hybridized carbons (Fsp3) is 0.111. The van der Waals surface area contributed by atoms with E-state index in [9.17, 15) is 4.79 Å². The number of ether oxygens (including phenoxy) is 1. The highest BCUT2D eigenvalue weighted by Gasteiger charge is 2.15. The Morgan fingerprint density at radius 2 is 1.53 bits per heavy atom. The van der Waals surface area contributed by atoms with Crippen molar-refractivity contribution in [3.05, 3.63) is 108 Å². The van der Waals surface area contributed by atoms with Gasteiger partial charge in [0.05, 0.1) is 12.6 Å². The van der Waals surface area contributed by atoms with Gasteiger partial charge in [0.2, 0.25) is 0 Å². The van der Waals surface area contributed by atoms with Crippen LogP contribution in [0.4, 0.5) is 4.79 Å². The number of amides is 2. The maximum absolute atomic E-state index is 12.5. The monoisotopic (exact) mass is 421 g/mol. The molecule has 1 heterocycles. The normalized spacial score (nSPS) is 10.3. The molecule has 0 unspecified atom stereocenters. The molecule has 4 rings (SSSR count). The average Bonchev–Trinajstić information content (AvgIpc) is 2.86. The molecule has 0 aliphatic rings. The van der Waals surface area contributed by atoms with Gasteiger partial charge in [0.25, 0.3) is 0 Å². The van der Waals surface area contributed by atoms with Crippen molar-refractivity contribution in [2.45, 2.75) is 6.04 Å². The molecule has 4 aromatic rings. The first-order chi connectivity index (χ1) is 15.8. The number of rotatable bonds is 6. The van der Waals surface area contributed by atoms with E-state index in [-0.39, 0.29) is 25.2 Å². The lowest BCUT2D eigenvalue weighted by Gasteiger charge is -2.19. The van der Waals surface area contributed by atoms with Gasteiger partial charge >= 0.3 is 6.03 Å². The van der Waals surface area contributed by atoms with Gasteiger partial charge in [-0.05, 0) is 23.3 Å². The molecule has 2 N–H and O–H groups in total. The highest BCUT2D eigenvalue weighted by atomic mass is 16.5. The maximum atomic E-state index is 12.5. The third-order valence-electron chi connectivity index (χ3n) is 4.90. The fourth-order valence-corrected chi connectivity index (χ4v) is 3.38. The molecule has 2 amide bonds. The lowest BCUT2D eigenvalue weighted by Crippen LogP contribution is -2.38. The Morgan fingerprint density at radius 3 is 2.25 bits per heavy atom. The van der Waals surface area contributed by atoms with Crippen LogP contribution in [0, 0.1) is 11.8 Å². The number of nitrogens with zero attached hydrogens (tertiary/aromatic N) is 1. The number of carbonyl (C=O) groups excluding carboxylic acids is 1.